The number of fused-ring (bicyclic) bond motifs is 1. The van der Waals surface area contributed by atoms with E-state index >= 15 is 0 Å². The SMILES string of the molecule is CC(C)Oc1ccc(-c2cn(I)c3ncc(Br)cc23)cc1C#N. The lowest BCUT2D eigenvalue weighted by molar-refractivity contribution is 0.242. The molecule has 0 N–H and O–H groups in total. The van der Waals surface area contributed by atoms with Gasteiger partial charge in [0.2, 0.25) is 0 Å². The Labute approximate surface area is 156 Å². The number of rotatable bonds is 3. The van der Waals surface area contributed by atoms with Crippen LogP contribution >= 0.6 is 38.8 Å². The van der Waals surface area contributed by atoms with Gasteiger partial charge in [-0.05, 0) is 53.5 Å². The molecule has 6 heteroatoms. The second kappa shape index (κ2) is 6.49. The summed E-state index contributed by atoms with van der Waals surface area (Å²) in [7, 11) is 0. The van der Waals surface area contributed by atoms with Crippen molar-refractivity contribution in [2.24, 2.45) is 0 Å². The van der Waals surface area contributed by atoms with E-state index in [9.17, 15) is 5.26 Å². The third kappa shape index (κ3) is 3.21. The van der Waals surface area contributed by atoms with Crippen LogP contribution in [-0.2, 0) is 0 Å². The van der Waals surface area contributed by atoms with Crippen molar-refractivity contribution in [3.8, 4) is 22.9 Å². The van der Waals surface area contributed by atoms with Crippen LogP contribution in [0.2, 0.25) is 0 Å². The number of benzene rings is 1. The van der Waals surface area contributed by atoms with E-state index in [0.29, 0.717) is 11.3 Å². The summed E-state index contributed by atoms with van der Waals surface area (Å²) < 4.78 is 8.57. The molecule has 2 aromatic heterocycles. The maximum Gasteiger partial charge on any atom is 0.149 e. The largest absolute Gasteiger partial charge is 0.490 e. The van der Waals surface area contributed by atoms with Gasteiger partial charge in [0.05, 0.1) is 34.5 Å². The molecule has 0 unspecified atom stereocenters. The highest BCUT2D eigenvalue weighted by Gasteiger charge is 2.14. The summed E-state index contributed by atoms with van der Waals surface area (Å²) in [5.74, 6) is 0.615. The summed E-state index contributed by atoms with van der Waals surface area (Å²) in [5.41, 5.74) is 3.44. The van der Waals surface area contributed by atoms with Crippen molar-refractivity contribution in [3.63, 3.8) is 0 Å². The Morgan fingerprint density at radius 3 is 2.83 bits per heavy atom. The van der Waals surface area contributed by atoms with Crippen LogP contribution in [-0.4, -0.2) is 13.9 Å². The standard InChI is InChI=1S/C17H13BrIN3O/c1-10(2)23-16-4-3-11(5-12(16)7-20)15-9-22(19)17-14(15)6-13(18)8-21-17/h3-6,8-10H,1-2H3. The first-order chi connectivity index (χ1) is 11.0. The number of ether oxygens (including phenoxy) is 1. The second-order valence-electron chi connectivity index (χ2n) is 5.37. The molecular formula is C17H13BrIN3O. The summed E-state index contributed by atoms with van der Waals surface area (Å²) in [6.07, 6.45) is 3.83. The lowest BCUT2D eigenvalue weighted by Gasteiger charge is -2.12. The molecule has 1 aromatic carbocycles. The van der Waals surface area contributed by atoms with E-state index < -0.39 is 0 Å². The van der Waals surface area contributed by atoms with Gasteiger partial charge in [0.25, 0.3) is 0 Å². The van der Waals surface area contributed by atoms with Crippen LogP contribution in [0.25, 0.3) is 22.2 Å². The van der Waals surface area contributed by atoms with Crippen molar-refractivity contribution >= 4 is 49.8 Å². The molecule has 0 aliphatic rings. The Bertz CT molecular complexity index is 927. The van der Waals surface area contributed by atoms with E-state index in [1.807, 2.05) is 47.1 Å². The highest BCUT2D eigenvalue weighted by Crippen LogP contribution is 2.34. The molecule has 23 heavy (non-hydrogen) atoms. The van der Waals surface area contributed by atoms with Gasteiger partial charge in [-0.15, -0.1) is 0 Å². The Kier molecular flexibility index (Phi) is 4.60. The van der Waals surface area contributed by atoms with Gasteiger partial charge in [0.1, 0.15) is 17.5 Å². The number of pyridine rings is 1. The molecule has 116 valence electrons. The zero-order chi connectivity index (χ0) is 16.6. The zero-order valence-electron chi connectivity index (χ0n) is 12.5. The molecule has 0 saturated heterocycles. The maximum atomic E-state index is 9.41. The van der Waals surface area contributed by atoms with Gasteiger partial charge in [-0.25, -0.2) is 4.98 Å². The summed E-state index contributed by atoms with van der Waals surface area (Å²) >= 11 is 5.68. The molecule has 0 radical (unpaired) electrons. The van der Waals surface area contributed by atoms with Gasteiger partial charge >= 0.3 is 0 Å². The third-order valence-electron chi connectivity index (χ3n) is 3.34. The first kappa shape index (κ1) is 16.3. The topological polar surface area (TPSA) is 50.8 Å². The van der Waals surface area contributed by atoms with Crippen molar-refractivity contribution in [2.45, 2.75) is 20.0 Å². The van der Waals surface area contributed by atoms with Crippen molar-refractivity contribution in [3.05, 3.63) is 46.7 Å². The Balaban J connectivity index is 2.16. The van der Waals surface area contributed by atoms with Gasteiger partial charge in [-0.2, -0.15) is 5.26 Å². The maximum absolute atomic E-state index is 9.41. The molecule has 0 aliphatic heterocycles. The fraction of sp³-hybridized carbons (Fsp3) is 0.176. The van der Waals surface area contributed by atoms with Crippen LogP contribution in [0.1, 0.15) is 19.4 Å². The van der Waals surface area contributed by atoms with Gasteiger partial charge in [-0.3, -0.25) is 2.78 Å². The molecule has 0 saturated carbocycles. The van der Waals surface area contributed by atoms with Crippen molar-refractivity contribution in [1.29, 1.82) is 5.26 Å². The fourth-order valence-corrected chi connectivity index (χ4v) is 3.41. The predicted octanol–water partition coefficient (Wildman–Crippen LogP) is 5.32. The molecule has 0 amide bonds. The van der Waals surface area contributed by atoms with E-state index in [-0.39, 0.29) is 6.10 Å². The molecule has 0 bridgehead atoms. The minimum absolute atomic E-state index is 0.0318. The number of nitrogens with zero attached hydrogens (tertiary/aromatic N) is 3. The second-order valence-corrected chi connectivity index (χ2v) is 7.32. The van der Waals surface area contributed by atoms with Gasteiger partial charge in [0.15, 0.2) is 0 Å². The molecule has 0 atom stereocenters. The highest BCUT2D eigenvalue weighted by molar-refractivity contribution is 14.1. The minimum Gasteiger partial charge on any atom is -0.490 e. The Morgan fingerprint density at radius 2 is 2.13 bits per heavy atom. The van der Waals surface area contributed by atoms with Gasteiger partial charge < -0.3 is 4.74 Å². The van der Waals surface area contributed by atoms with Crippen molar-refractivity contribution in [2.75, 3.05) is 0 Å². The van der Waals surface area contributed by atoms with E-state index in [2.05, 4.69) is 49.8 Å². The third-order valence-corrected chi connectivity index (χ3v) is 4.51. The normalized spacial score (nSPS) is 11.0. The van der Waals surface area contributed by atoms with Crippen LogP contribution in [0.5, 0.6) is 5.75 Å². The number of hydrogen-bond acceptors (Lipinski definition) is 3. The van der Waals surface area contributed by atoms with Crippen LogP contribution < -0.4 is 4.74 Å². The van der Waals surface area contributed by atoms with Gasteiger partial charge in [0, 0.05) is 27.8 Å². The number of hydrogen-bond donors (Lipinski definition) is 0. The monoisotopic (exact) mass is 481 g/mol. The first-order valence-corrected chi connectivity index (χ1v) is 8.79. The Hall–Kier alpha value is -1.59. The summed E-state index contributed by atoms with van der Waals surface area (Å²) in [4.78, 5) is 4.44. The Morgan fingerprint density at radius 1 is 1.35 bits per heavy atom. The molecule has 0 aliphatic carbocycles. The predicted molar refractivity (Wildman–Crippen MR) is 103 cm³/mol. The van der Waals surface area contributed by atoms with Crippen LogP contribution in [0, 0.1) is 11.3 Å². The van der Waals surface area contributed by atoms with E-state index in [4.69, 9.17) is 4.74 Å². The van der Waals surface area contributed by atoms with E-state index in [1.165, 1.54) is 0 Å². The molecule has 4 nitrogen and oxygen atoms in total. The first-order valence-electron chi connectivity index (χ1n) is 7.03. The van der Waals surface area contributed by atoms with E-state index in [0.717, 1.165) is 26.6 Å². The molecule has 3 rings (SSSR count). The molecule has 0 fully saturated rings. The fourth-order valence-electron chi connectivity index (χ4n) is 2.42. The van der Waals surface area contributed by atoms with Crippen LogP contribution in [0.4, 0.5) is 0 Å². The average Bonchev–Trinajstić information content (AvgIpc) is 2.83. The van der Waals surface area contributed by atoms with Crippen molar-refractivity contribution < 1.29 is 4.74 Å². The zero-order valence-corrected chi connectivity index (χ0v) is 16.3. The lowest BCUT2D eigenvalue weighted by Crippen LogP contribution is -2.06. The molecule has 0 spiro atoms. The van der Waals surface area contributed by atoms with Gasteiger partial charge in [-0.1, -0.05) is 6.07 Å². The van der Waals surface area contributed by atoms with Crippen LogP contribution in [0.15, 0.2) is 41.1 Å². The summed E-state index contributed by atoms with van der Waals surface area (Å²) in [5, 5.41) is 10.4. The lowest BCUT2D eigenvalue weighted by atomic mass is 10.0. The van der Waals surface area contributed by atoms with E-state index in [1.54, 1.807) is 6.20 Å². The molecular weight excluding hydrogens is 469 g/mol. The highest BCUT2D eigenvalue weighted by atomic mass is 127. The summed E-state index contributed by atoms with van der Waals surface area (Å²) in [6.45, 7) is 3.89. The summed E-state index contributed by atoms with van der Waals surface area (Å²) in [6, 6.07) is 9.96. The van der Waals surface area contributed by atoms with Crippen LogP contribution in [0.3, 0.4) is 0 Å². The number of nitriles is 1. The smallest absolute Gasteiger partial charge is 0.149 e. The minimum atomic E-state index is 0.0318. The number of halogens is 2. The quantitative estimate of drug-likeness (QED) is 0.475. The molecule has 2 heterocycles. The molecule has 3 aromatic rings. The van der Waals surface area contributed by atoms with Crippen molar-refractivity contribution in [1.82, 2.24) is 7.76 Å². The number of aromatic nitrogens is 2. The average molecular weight is 482 g/mol.